The maximum atomic E-state index is 12.7. The third kappa shape index (κ3) is 6.36. The van der Waals surface area contributed by atoms with Crippen LogP contribution in [-0.2, 0) is 16.6 Å². The van der Waals surface area contributed by atoms with Crippen molar-refractivity contribution < 1.29 is 27.1 Å². The minimum Gasteiger partial charge on any atom is -0.493 e. The quantitative estimate of drug-likeness (QED) is 0.436. The van der Waals surface area contributed by atoms with E-state index < -0.39 is 10.0 Å². The van der Waals surface area contributed by atoms with Crippen LogP contribution in [0.25, 0.3) is 0 Å². The molecular formula is C24H28N2O6S. The Morgan fingerprint density at radius 2 is 1.85 bits per heavy atom. The smallest absolute Gasteiger partial charge is 0.251 e. The minimum absolute atomic E-state index is 0.0425. The molecule has 2 N–H and O–H groups in total. The SMILES string of the molecule is CCCOc1ccc(C(C)NC(=O)c2ccc(S(=O)(=O)NCc3ccco3)cc2)cc1OC. The Bertz CT molecular complexity index is 1160. The molecule has 0 aliphatic rings. The van der Waals surface area contributed by atoms with E-state index in [4.69, 9.17) is 13.9 Å². The van der Waals surface area contributed by atoms with Crippen molar-refractivity contribution in [1.29, 1.82) is 0 Å². The molecule has 9 heteroatoms. The number of rotatable bonds is 11. The molecule has 3 rings (SSSR count). The Labute approximate surface area is 194 Å². The fraction of sp³-hybridized carbons (Fsp3) is 0.292. The van der Waals surface area contributed by atoms with E-state index in [0.717, 1.165) is 12.0 Å². The summed E-state index contributed by atoms with van der Waals surface area (Å²) in [6, 6.07) is 14.3. The van der Waals surface area contributed by atoms with Crippen molar-refractivity contribution in [3.63, 3.8) is 0 Å². The van der Waals surface area contributed by atoms with Crippen molar-refractivity contribution in [2.45, 2.75) is 37.8 Å². The molecule has 0 saturated carbocycles. The molecule has 0 aliphatic heterocycles. The molecule has 1 aromatic heterocycles. The molecule has 0 aliphatic carbocycles. The fourth-order valence-electron chi connectivity index (χ4n) is 3.10. The summed E-state index contributed by atoms with van der Waals surface area (Å²) in [5.41, 5.74) is 1.20. The highest BCUT2D eigenvalue weighted by Crippen LogP contribution is 2.30. The van der Waals surface area contributed by atoms with Crippen molar-refractivity contribution >= 4 is 15.9 Å². The van der Waals surface area contributed by atoms with Crippen LogP contribution in [0.15, 0.2) is 70.2 Å². The minimum atomic E-state index is -3.73. The predicted molar refractivity (Wildman–Crippen MR) is 124 cm³/mol. The number of methoxy groups -OCH3 is 1. The van der Waals surface area contributed by atoms with Gasteiger partial charge in [-0.2, -0.15) is 0 Å². The maximum absolute atomic E-state index is 12.7. The summed E-state index contributed by atoms with van der Waals surface area (Å²) in [6.45, 7) is 4.52. The van der Waals surface area contributed by atoms with Gasteiger partial charge in [-0.15, -0.1) is 0 Å². The summed E-state index contributed by atoms with van der Waals surface area (Å²) >= 11 is 0. The number of hydrogen-bond donors (Lipinski definition) is 2. The normalized spacial score (nSPS) is 12.2. The van der Waals surface area contributed by atoms with Gasteiger partial charge in [-0.05, 0) is 67.4 Å². The van der Waals surface area contributed by atoms with Crippen LogP contribution in [0, 0.1) is 0 Å². The average molecular weight is 473 g/mol. The van der Waals surface area contributed by atoms with Gasteiger partial charge in [0.2, 0.25) is 10.0 Å². The second kappa shape index (κ2) is 11.0. The average Bonchev–Trinajstić information content (AvgIpc) is 3.35. The Morgan fingerprint density at radius 3 is 2.48 bits per heavy atom. The zero-order valence-electron chi connectivity index (χ0n) is 18.8. The lowest BCUT2D eigenvalue weighted by atomic mass is 10.1. The third-order valence-electron chi connectivity index (χ3n) is 4.94. The first-order valence-electron chi connectivity index (χ1n) is 10.6. The van der Waals surface area contributed by atoms with Gasteiger partial charge >= 0.3 is 0 Å². The van der Waals surface area contributed by atoms with Crippen molar-refractivity contribution in [2.75, 3.05) is 13.7 Å². The second-order valence-corrected chi connectivity index (χ2v) is 9.15. The zero-order chi connectivity index (χ0) is 23.8. The monoisotopic (exact) mass is 472 g/mol. The van der Waals surface area contributed by atoms with Gasteiger partial charge in [0.1, 0.15) is 5.76 Å². The molecule has 1 atom stereocenters. The van der Waals surface area contributed by atoms with Gasteiger partial charge in [-0.1, -0.05) is 13.0 Å². The molecule has 176 valence electrons. The van der Waals surface area contributed by atoms with Crippen LogP contribution in [0.4, 0.5) is 0 Å². The molecule has 1 heterocycles. The zero-order valence-corrected chi connectivity index (χ0v) is 19.6. The highest BCUT2D eigenvalue weighted by atomic mass is 32.2. The summed E-state index contributed by atoms with van der Waals surface area (Å²) in [5.74, 6) is 1.43. The molecule has 0 radical (unpaired) electrons. The summed E-state index contributed by atoms with van der Waals surface area (Å²) in [5, 5.41) is 2.92. The highest BCUT2D eigenvalue weighted by Gasteiger charge is 2.17. The van der Waals surface area contributed by atoms with Crippen molar-refractivity contribution in [2.24, 2.45) is 0 Å². The molecule has 8 nitrogen and oxygen atoms in total. The Morgan fingerprint density at radius 1 is 1.09 bits per heavy atom. The summed E-state index contributed by atoms with van der Waals surface area (Å²) < 4.78 is 43.6. The molecule has 33 heavy (non-hydrogen) atoms. The van der Waals surface area contributed by atoms with Crippen molar-refractivity contribution in [1.82, 2.24) is 10.0 Å². The highest BCUT2D eigenvalue weighted by molar-refractivity contribution is 7.89. The van der Waals surface area contributed by atoms with Gasteiger partial charge in [0.25, 0.3) is 5.91 Å². The van der Waals surface area contributed by atoms with Crippen LogP contribution in [0.5, 0.6) is 11.5 Å². The molecule has 0 bridgehead atoms. The molecule has 0 fully saturated rings. The van der Waals surface area contributed by atoms with E-state index in [9.17, 15) is 13.2 Å². The van der Waals surface area contributed by atoms with E-state index in [1.54, 1.807) is 19.2 Å². The fourth-order valence-corrected chi connectivity index (χ4v) is 4.09. The number of nitrogens with one attached hydrogen (secondary N) is 2. The van der Waals surface area contributed by atoms with Crippen LogP contribution >= 0.6 is 0 Å². The lowest BCUT2D eigenvalue weighted by Gasteiger charge is -2.17. The number of hydrogen-bond acceptors (Lipinski definition) is 6. The van der Waals surface area contributed by atoms with E-state index in [1.807, 2.05) is 32.0 Å². The van der Waals surface area contributed by atoms with Crippen molar-refractivity contribution in [3.8, 4) is 11.5 Å². The first-order chi connectivity index (χ1) is 15.8. The lowest BCUT2D eigenvalue weighted by Crippen LogP contribution is -2.27. The third-order valence-corrected chi connectivity index (χ3v) is 6.36. The van der Waals surface area contributed by atoms with Gasteiger partial charge in [-0.3, -0.25) is 4.79 Å². The Kier molecular flexibility index (Phi) is 8.13. The van der Waals surface area contributed by atoms with E-state index in [2.05, 4.69) is 10.0 Å². The molecular weight excluding hydrogens is 444 g/mol. The van der Waals surface area contributed by atoms with Crippen LogP contribution in [-0.4, -0.2) is 28.0 Å². The van der Waals surface area contributed by atoms with Crippen LogP contribution < -0.4 is 19.5 Å². The van der Waals surface area contributed by atoms with E-state index in [-0.39, 0.29) is 23.4 Å². The molecule has 0 saturated heterocycles. The number of furan rings is 1. The number of benzene rings is 2. The number of ether oxygens (including phenoxy) is 2. The number of carbonyl (C=O) groups excluding carboxylic acids is 1. The van der Waals surface area contributed by atoms with Gasteiger partial charge in [0.05, 0.1) is 37.5 Å². The van der Waals surface area contributed by atoms with E-state index in [1.165, 1.54) is 30.5 Å². The van der Waals surface area contributed by atoms with Crippen LogP contribution in [0.3, 0.4) is 0 Å². The number of amides is 1. The second-order valence-electron chi connectivity index (χ2n) is 7.38. The van der Waals surface area contributed by atoms with Gasteiger partial charge in [0.15, 0.2) is 11.5 Å². The summed E-state index contributed by atoms with van der Waals surface area (Å²) in [6.07, 6.45) is 2.36. The maximum Gasteiger partial charge on any atom is 0.251 e. The van der Waals surface area contributed by atoms with Crippen LogP contribution in [0.2, 0.25) is 0 Å². The first-order valence-corrected chi connectivity index (χ1v) is 12.1. The molecule has 2 aromatic carbocycles. The molecule has 1 unspecified atom stereocenters. The first kappa shape index (κ1) is 24.3. The van der Waals surface area contributed by atoms with Gasteiger partial charge < -0.3 is 19.2 Å². The van der Waals surface area contributed by atoms with E-state index in [0.29, 0.717) is 29.4 Å². The van der Waals surface area contributed by atoms with Gasteiger partial charge in [0, 0.05) is 5.56 Å². The Hall–Kier alpha value is -3.30. The predicted octanol–water partition coefficient (Wildman–Crippen LogP) is 4.05. The van der Waals surface area contributed by atoms with Crippen LogP contribution in [0.1, 0.15) is 48.0 Å². The molecule has 0 spiro atoms. The van der Waals surface area contributed by atoms with Crippen molar-refractivity contribution in [3.05, 3.63) is 77.7 Å². The summed E-state index contributed by atoms with van der Waals surface area (Å²) in [7, 11) is -2.16. The lowest BCUT2D eigenvalue weighted by molar-refractivity contribution is 0.0939. The number of carbonyl (C=O) groups is 1. The standard InChI is InChI=1S/C24H28N2O6S/c1-4-13-32-22-12-9-19(15-23(22)30-3)17(2)26-24(27)18-7-10-21(11-8-18)33(28,29)25-16-20-6-5-14-31-20/h5-12,14-15,17,25H,4,13,16H2,1-3H3,(H,26,27). The largest absolute Gasteiger partial charge is 0.493 e. The Balaban J connectivity index is 1.64. The molecule has 1 amide bonds. The summed E-state index contributed by atoms with van der Waals surface area (Å²) in [4.78, 5) is 12.7. The van der Waals surface area contributed by atoms with E-state index >= 15 is 0 Å². The molecule has 3 aromatic rings. The number of sulfonamides is 1. The topological polar surface area (TPSA) is 107 Å². The van der Waals surface area contributed by atoms with Gasteiger partial charge in [-0.25, -0.2) is 13.1 Å².